The molecule has 1 unspecified atom stereocenters. The first-order chi connectivity index (χ1) is 11.2. The van der Waals surface area contributed by atoms with Crippen LogP contribution in [0.5, 0.6) is 0 Å². The number of aromatic nitrogens is 2. The highest BCUT2D eigenvalue weighted by atomic mass is 79.9. The van der Waals surface area contributed by atoms with Crippen LogP contribution in [0.1, 0.15) is 18.5 Å². The maximum Gasteiger partial charge on any atom is 0.225 e. The van der Waals surface area contributed by atoms with E-state index in [1.54, 1.807) is 6.20 Å². The van der Waals surface area contributed by atoms with E-state index in [2.05, 4.69) is 55.6 Å². The third-order valence-electron chi connectivity index (χ3n) is 3.40. The zero-order valence-corrected chi connectivity index (χ0v) is 14.3. The summed E-state index contributed by atoms with van der Waals surface area (Å²) in [5, 5.41) is 6.60. The Morgan fingerprint density at radius 3 is 2.61 bits per heavy atom. The summed E-state index contributed by atoms with van der Waals surface area (Å²) in [7, 11) is 0. The third-order valence-corrected chi connectivity index (χ3v) is 3.89. The van der Waals surface area contributed by atoms with Crippen LogP contribution in [-0.2, 0) is 0 Å². The standard InChI is InChI=1S/C18H17BrN4/c1-13(14-6-3-2-4-7-14)21-18-20-11-10-17(23-18)22-16-9-5-8-15(19)12-16/h2-13H,1H3,(H2,20,21,22,23). The molecule has 1 atom stereocenters. The summed E-state index contributed by atoms with van der Waals surface area (Å²) in [5.74, 6) is 1.35. The van der Waals surface area contributed by atoms with Gasteiger partial charge >= 0.3 is 0 Å². The van der Waals surface area contributed by atoms with Crippen molar-refractivity contribution in [3.63, 3.8) is 0 Å². The summed E-state index contributed by atoms with van der Waals surface area (Å²) in [4.78, 5) is 8.81. The fourth-order valence-electron chi connectivity index (χ4n) is 2.23. The number of hydrogen-bond donors (Lipinski definition) is 2. The number of rotatable bonds is 5. The largest absolute Gasteiger partial charge is 0.348 e. The zero-order valence-electron chi connectivity index (χ0n) is 12.7. The lowest BCUT2D eigenvalue weighted by Crippen LogP contribution is -2.09. The summed E-state index contributed by atoms with van der Waals surface area (Å²) in [6, 6.07) is 20.2. The molecule has 0 aliphatic carbocycles. The summed E-state index contributed by atoms with van der Waals surface area (Å²) >= 11 is 3.46. The van der Waals surface area contributed by atoms with Crippen molar-refractivity contribution in [2.24, 2.45) is 0 Å². The molecule has 1 heterocycles. The van der Waals surface area contributed by atoms with E-state index in [0.717, 1.165) is 16.0 Å². The van der Waals surface area contributed by atoms with Crippen molar-refractivity contribution >= 4 is 33.4 Å². The molecule has 0 saturated heterocycles. The smallest absolute Gasteiger partial charge is 0.225 e. The van der Waals surface area contributed by atoms with E-state index >= 15 is 0 Å². The Labute approximate surface area is 144 Å². The highest BCUT2D eigenvalue weighted by Crippen LogP contribution is 2.21. The van der Waals surface area contributed by atoms with Gasteiger partial charge in [0.1, 0.15) is 5.82 Å². The van der Waals surface area contributed by atoms with Crippen molar-refractivity contribution in [1.82, 2.24) is 9.97 Å². The van der Waals surface area contributed by atoms with Crippen LogP contribution in [0.3, 0.4) is 0 Å². The van der Waals surface area contributed by atoms with Gasteiger partial charge in [0.2, 0.25) is 5.95 Å². The Morgan fingerprint density at radius 2 is 1.83 bits per heavy atom. The van der Waals surface area contributed by atoms with E-state index in [0.29, 0.717) is 5.95 Å². The molecule has 2 aromatic carbocycles. The average molecular weight is 369 g/mol. The van der Waals surface area contributed by atoms with E-state index in [1.807, 2.05) is 48.5 Å². The summed E-state index contributed by atoms with van der Waals surface area (Å²) < 4.78 is 1.02. The molecule has 0 saturated carbocycles. The van der Waals surface area contributed by atoms with Crippen molar-refractivity contribution in [3.05, 3.63) is 76.9 Å². The third kappa shape index (κ3) is 4.29. The molecule has 116 valence electrons. The van der Waals surface area contributed by atoms with Crippen molar-refractivity contribution in [2.45, 2.75) is 13.0 Å². The summed E-state index contributed by atoms with van der Waals surface area (Å²) in [5.41, 5.74) is 2.17. The van der Waals surface area contributed by atoms with Gasteiger partial charge < -0.3 is 10.6 Å². The Kier molecular flexibility index (Phi) is 4.88. The van der Waals surface area contributed by atoms with Crippen LogP contribution in [0.2, 0.25) is 0 Å². The van der Waals surface area contributed by atoms with Crippen LogP contribution >= 0.6 is 15.9 Å². The van der Waals surface area contributed by atoms with E-state index in [9.17, 15) is 0 Å². The number of hydrogen-bond acceptors (Lipinski definition) is 4. The van der Waals surface area contributed by atoms with Crippen molar-refractivity contribution in [2.75, 3.05) is 10.6 Å². The minimum absolute atomic E-state index is 0.136. The topological polar surface area (TPSA) is 49.8 Å². The SMILES string of the molecule is CC(Nc1nccc(Nc2cccc(Br)c2)n1)c1ccccc1. The van der Waals surface area contributed by atoms with Gasteiger partial charge in [0, 0.05) is 16.4 Å². The fraction of sp³-hybridized carbons (Fsp3) is 0.111. The van der Waals surface area contributed by atoms with Gasteiger partial charge in [-0.25, -0.2) is 4.98 Å². The quantitative estimate of drug-likeness (QED) is 0.653. The van der Waals surface area contributed by atoms with Gasteiger partial charge in [-0.15, -0.1) is 0 Å². The minimum atomic E-state index is 0.136. The number of benzene rings is 2. The van der Waals surface area contributed by atoms with Gasteiger partial charge in [0.25, 0.3) is 0 Å². The fourth-order valence-corrected chi connectivity index (χ4v) is 2.63. The average Bonchev–Trinajstić information content (AvgIpc) is 2.56. The monoisotopic (exact) mass is 368 g/mol. The molecule has 5 heteroatoms. The number of anilines is 3. The number of nitrogens with one attached hydrogen (secondary N) is 2. The molecule has 0 fully saturated rings. The predicted octanol–water partition coefficient (Wildman–Crippen LogP) is 5.16. The van der Waals surface area contributed by atoms with Gasteiger partial charge in [-0.05, 0) is 36.8 Å². The first-order valence-corrected chi connectivity index (χ1v) is 8.17. The van der Waals surface area contributed by atoms with Crippen LogP contribution in [0.4, 0.5) is 17.5 Å². The molecular weight excluding hydrogens is 352 g/mol. The molecule has 4 nitrogen and oxygen atoms in total. The number of nitrogens with zero attached hydrogens (tertiary/aromatic N) is 2. The maximum atomic E-state index is 4.51. The van der Waals surface area contributed by atoms with Crippen LogP contribution in [0.25, 0.3) is 0 Å². The normalized spacial score (nSPS) is 11.7. The Morgan fingerprint density at radius 1 is 1.00 bits per heavy atom. The van der Waals surface area contributed by atoms with Gasteiger partial charge in [0.05, 0.1) is 6.04 Å². The maximum absolute atomic E-state index is 4.51. The summed E-state index contributed by atoms with van der Waals surface area (Å²) in [6.45, 7) is 2.09. The van der Waals surface area contributed by atoms with E-state index in [4.69, 9.17) is 0 Å². The van der Waals surface area contributed by atoms with Gasteiger partial charge in [-0.2, -0.15) is 4.98 Å². The van der Waals surface area contributed by atoms with Crippen molar-refractivity contribution in [1.29, 1.82) is 0 Å². The highest BCUT2D eigenvalue weighted by Gasteiger charge is 2.07. The molecule has 0 spiro atoms. The minimum Gasteiger partial charge on any atom is -0.348 e. The second-order valence-electron chi connectivity index (χ2n) is 5.18. The molecule has 0 aliphatic rings. The first kappa shape index (κ1) is 15.5. The molecular formula is C18H17BrN4. The van der Waals surface area contributed by atoms with Crippen molar-refractivity contribution < 1.29 is 0 Å². The molecule has 3 rings (SSSR count). The van der Waals surface area contributed by atoms with E-state index < -0.39 is 0 Å². The lowest BCUT2D eigenvalue weighted by atomic mass is 10.1. The molecule has 0 aliphatic heterocycles. The Balaban J connectivity index is 1.72. The van der Waals surface area contributed by atoms with E-state index in [-0.39, 0.29) is 6.04 Å². The van der Waals surface area contributed by atoms with E-state index in [1.165, 1.54) is 5.56 Å². The van der Waals surface area contributed by atoms with Gasteiger partial charge in [0.15, 0.2) is 0 Å². The van der Waals surface area contributed by atoms with Crippen molar-refractivity contribution in [3.8, 4) is 0 Å². The molecule has 0 amide bonds. The Bertz CT molecular complexity index is 777. The molecule has 0 radical (unpaired) electrons. The molecule has 3 aromatic rings. The second kappa shape index (κ2) is 7.24. The van der Waals surface area contributed by atoms with Crippen LogP contribution in [0, 0.1) is 0 Å². The number of halogens is 1. The lowest BCUT2D eigenvalue weighted by Gasteiger charge is -2.15. The van der Waals surface area contributed by atoms with Gasteiger partial charge in [-0.3, -0.25) is 0 Å². The molecule has 23 heavy (non-hydrogen) atoms. The lowest BCUT2D eigenvalue weighted by molar-refractivity contribution is 0.861. The highest BCUT2D eigenvalue weighted by molar-refractivity contribution is 9.10. The van der Waals surface area contributed by atoms with Crippen LogP contribution in [-0.4, -0.2) is 9.97 Å². The molecule has 1 aromatic heterocycles. The predicted molar refractivity (Wildman–Crippen MR) is 97.9 cm³/mol. The van der Waals surface area contributed by atoms with Crippen LogP contribution < -0.4 is 10.6 Å². The zero-order chi connectivity index (χ0) is 16.1. The van der Waals surface area contributed by atoms with Gasteiger partial charge in [-0.1, -0.05) is 52.3 Å². The Hall–Kier alpha value is -2.40. The first-order valence-electron chi connectivity index (χ1n) is 7.38. The summed E-state index contributed by atoms with van der Waals surface area (Å²) in [6.07, 6.45) is 1.74. The molecule has 2 N–H and O–H groups in total. The van der Waals surface area contributed by atoms with Crippen LogP contribution in [0.15, 0.2) is 71.3 Å². The molecule has 0 bridgehead atoms. The second-order valence-corrected chi connectivity index (χ2v) is 6.09.